The molecule has 0 saturated carbocycles. The van der Waals surface area contributed by atoms with Crippen LogP contribution in [0.4, 0.5) is 0 Å². The van der Waals surface area contributed by atoms with E-state index in [0.717, 1.165) is 20.8 Å². The summed E-state index contributed by atoms with van der Waals surface area (Å²) in [5.41, 5.74) is 1.10. The molecule has 0 spiro atoms. The Morgan fingerprint density at radius 2 is 2.21 bits per heavy atom. The van der Waals surface area contributed by atoms with Crippen LogP contribution >= 0.6 is 27.7 Å². The summed E-state index contributed by atoms with van der Waals surface area (Å²) in [5, 5.41) is 1.02. The number of benzene rings is 1. The predicted octanol–water partition coefficient (Wildman–Crippen LogP) is 3.20. The molecule has 0 bridgehead atoms. The molecule has 0 N–H and O–H groups in total. The highest BCUT2D eigenvalue weighted by Gasteiger charge is 2.05. The zero-order chi connectivity index (χ0) is 10.6. The molecule has 0 aliphatic rings. The molecule has 0 heterocycles. The predicted molar refractivity (Wildman–Crippen MR) is 66.7 cm³/mol. The van der Waals surface area contributed by atoms with Gasteiger partial charge in [-0.3, -0.25) is 4.99 Å². The molecule has 1 aromatic carbocycles. The minimum atomic E-state index is 0.838. The zero-order valence-electron chi connectivity index (χ0n) is 8.37. The number of rotatable bonds is 2. The van der Waals surface area contributed by atoms with E-state index in [1.807, 2.05) is 24.5 Å². The second kappa shape index (κ2) is 5.41. The average Bonchev–Trinajstić information content (AvgIpc) is 2.20. The van der Waals surface area contributed by atoms with Gasteiger partial charge in [-0.05, 0) is 40.4 Å². The molecule has 0 atom stereocenters. The Bertz CT molecular complexity index is 352. The largest absolute Gasteiger partial charge is 0.496 e. The first-order valence-electron chi connectivity index (χ1n) is 4.07. The van der Waals surface area contributed by atoms with Crippen LogP contribution in [0.2, 0.25) is 0 Å². The Balaban J connectivity index is 3.08. The normalized spacial score (nSPS) is 11.6. The van der Waals surface area contributed by atoms with Crippen LogP contribution < -0.4 is 4.74 Å². The lowest BCUT2D eigenvalue weighted by Crippen LogP contribution is -1.95. The number of halogens is 1. The molecule has 0 fully saturated rings. The van der Waals surface area contributed by atoms with Crippen LogP contribution in [0.25, 0.3) is 0 Å². The Labute approximate surface area is 96.9 Å². The molecule has 0 amide bonds. The van der Waals surface area contributed by atoms with E-state index in [9.17, 15) is 0 Å². The highest BCUT2D eigenvalue weighted by molar-refractivity contribution is 9.10. The molecule has 0 radical (unpaired) electrons. The monoisotopic (exact) mass is 273 g/mol. The van der Waals surface area contributed by atoms with Crippen molar-refractivity contribution in [1.29, 1.82) is 0 Å². The molecule has 0 aliphatic heterocycles. The van der Waals surface area contributed by atoms with E-state index < -0.39 is 0 Å². The van der Waals surface area contributed by atoms with Crippen LogP contribution in [0.3, 0.4) is 0 Å². The summed E-state index contributed by atoms with van der Waals surface area (Å²) in [4.78, 5) is 4.19. The molecule has 1 aromatic rings. The molecule has 0 aliphatic carbocycles. The maximum absolute atomic E-state index is 5.15. The van der Waals surface area contributed by atoms with Gasteiger partial charge in [0.25, 0.3) is 0 Å². The lowest BCUT2D eigenvalue weighted by atomic mass is 10.2. The van der Waals surface area contributed by atoms with Crippen molar-refractivity contribution in [3.8, 4) is 5.75 Å². The number of nitrogens with zero attached hydrogens (tertiary/aromatic N) is 1. The molecule has 4 heteroatoms. The van der Waals surface area contributed by atoms with Gasteiger partial charge in [0.1, 0.15) is 5.75 Å². The van der Waals surface area contributed by atoms with Gasteiger partial charge in [0.15, 0.2) is 0 Å². The van der Waals surface area contributed by atoms with E-state index in [1.165, 1.54) is 0 Å². The molecule has 76 valence electrons. The van der Waals surface area contributed by atoms with Gasteiger partial charge >= 0.3 is 0 Å². The highest BCUT2D eigenvalue weighted by Crippen LogP contribution is 2.26. The topological polar surface area (TPSA) is 21.6 Å². The van der Waals surface area contributed by atoms with E-state index in [1.54, 1.807) is 25.9 Å². The second-order valence-electron chi connectivity index (χ2n) is 2.58. The summed E-state index contributed by atoms with van der Waals surface area (Å²) in [6.45, 7) is 0. The maximum atomic E-state index is 5.15. The van der Waals surface area contributed by atoms with E-state index in [-0.39, 0.29) is 0 Å². The summed E-state index contributed by atoms with van der Waals surface area (Å²) in [6, 6.07) is 5.95. The van der Waals surface area contributed by atoms with Crippen LogP contribution in [0, 0.1) is 0 Å². The Morgan fingerprint density at radius 1 is 1.50 bits per heavy atom. The summed E-state index contributed by atoms with van der Waals surface area (Å²) in [6.07, 6.45) is 2.01. The Hall–Kier alpha value is -0.480. The fraction of sp³-hybridized carbons (Fsp3) is 0.300. The molecular weight excluding hydrogens is 262 g/mol. The van der Waals surface area contributed by atoms with Crippen LogP contribution in [0.1, 0.15) is 5.56 Å². The molecule has 2 nitrogen and oxygen atoms in total. The Kier molecular flexibility index (Phi) is 4.48. The summed E-state index contributed by atoms with van der Waals surface area (Å²) in [7, 11) is 3.45. The number of hydrogen-bond acceptors (Lipinski definition) is 3. The Morgan fingerprint density at radius 3 is 2.64 bits per heavy atom. The smallest absolute Gasteiger partial charge is 0.133 e. The lowest BCUT2D eigenvalue weighted by molar-refractivity contribution is 0.412. The van der Waals surface area contributed by atoms with Gasteiger partial charge in [0, 0.05) is 12.6 Å². The highest BCUT2D eigenvalue weighted by atomic mass is 79.9. The fourth-order valence-corrected chi connectivity index (χ4v) is 2.22. The van der Waals surface area contributed by atoms with Gasteiger partial charge in [-0.1, -0.05) is 0 Å². The van der Waals surface area contributed by atoms with Gasteiger partial charge in [-0.25, -0.2) is 0 Å². The molecule has 0 saturated heterocycles. The third kappa shape index (κ3) is 2.51. The quantitative estimate of drug-likeness (QED) is 0.610. The lowest BCUT2D eigenvalue weighted by Gasteiger charge is -2.06. The number of ether oxygens (including phenoxy) is 1. The van der Waals surface area contributed by atoms with E-state index in [4.69, 9.17) is 4.74 Å². The molecule has 14 heavy (non-hydrogen) atoms. The summed E-state index contributed by atoms with van der Waals surface area (Å²) >= 11 is 5.08. The summed E-state index contributed by atoms with van der Waals surface area (Å²) < 4.78 is 6.11. The maximum Gasteiger partial charge on any atom is 0.133 e. The minimum absolute atomic E-state index is 0.838. The van der Waals surface area contributed by atoms with Crippen molar-refractivity contribution >= 4 is 32.7 Å². The molecule has 1 rings (SSSR count). The van der Waals surface area contributed by atoms with Crippen molar-refractivity contribution in [2.24, 2.45) is 4.99 Å². The van der Waals surface area contributed by atoms with Crippen LogP contribution in [-0.4, -0.2) is 25.5 Å². The second-order valence-corrected chi connectivity index (χ2v) is 4.23. The first kappa shape index (κ1) is 11.6. The zero-order valence-corrected chi connectivity index (χ0v) is 10.8. The summed E-state index contributed by atoms with van der Waals surface area (Å²) in [5.74, 6) is 0.838. The van der Waals surface area contributed by atoms with Crippen molar-refractivity contribution in [2.75, 3.05) is 20.4 Å². The van der Waals surface area contributed by atoms with E-state index in [0.29, 0.717) is 0 Å². The molecule has 0 unspecified atom stereocenters. The van der Waals surface area contributed by atoms with E-state index >= 15 is 0 Å². The van der Waals surface area contributed by atoms with Crippen LogP contribution in [0.15, 0.2) is 27.7 Å². The van der Waals surface area contributed by atoms with Crippen molar-refractivity contribution < 1.29 is 4.74 Å². The van der Waals surface area contributed by atoms with Crippen molar-refractivity contribution in [2.45, 2.75) is 0 Å². The third-order valence-corrected chi connectivity index (χ3v) is 3.22. The standard InChI is InChI=1S/C10H12BrNOS/c1-12-10(14-3)7-4-5-9(13-2)8(11)6-7/h4-6H,1-3H3. The number of hydrogen-bond donors (Lipinski definition) is 0. The molecular formula is C10H12BrNOS. The first-order chi connectivity index (χ1) is 6.72. The molecule has 0 aromatic heterocycles. The number of aliphatic imine (C=N–C) groups is 1. The van der Waals surface area contributed by atoms with Gasteiger partial charge in [-0.2, -0.15) is 0 Å². The van der Waals surface area contributed by atoms with Crippen LogP contribution in [-0.2, 0) is 0 Å². The van der Waals surface area contributed by atoms with E-state index in [2.05, 4.69) is 20.9 Å². The number of methoxy groups -OCH3 is 1. The van der Waals surface area contributed by atoms with Crippen molar-refractivity contribution in [3.05, 3.63) is 28.2 Å². The van der Waals surface area contributed by atoms with Gasteiger partial charge in [0.05, 0.1) is 16.6 Å². The van der Waals surface area contributed by atoms with Crippen molar-refractivity contribution in [3.63, 3.8) is 0 Å². The minimum Gasteiger partial charge on any atom is -0.496 e. The van der Waals surface area contributed by atoms with Gasteiger partial charge in [-0.15, -0.1) is 11.8 Å². The first-order valence-corrected chi connectivity index (χ1v) is 6.09. The number of thioether (sulfide) groups is 1. The fourth-order valence-electron chi connectivity index (χ4n) is 1.14. The van der Waals surface area contributed by atoms with Crippen LogP contribution in [0.5, 0.6) is 5.75 Å². The SMILES string of the molecule is CN=C(SC)c1ccc(OC)c(Br)c1. The van der Waals surface area contributed by atoms with Gasteiger partial charge in [0.2, 0.25) is 0 Å². The van der Waals surface area contributed by atoms with Crippen molar-refractivity contribution in [1.82, 2.24) is 0 Å². The third-order valence-electron chi connectivity index (χ3n) is 1.80. The van der Waals surface area contributed by atoms with Gasteiger partial charge < -0.3 is 4.74 Å². The average molecular weight is 274 g/mol.